The molecule has 0 aliphatic carbocycles. The van der Waals surface area contributed by atoms with Crippen LogP contribution in [-0.2, 0) is 18.6 Å². The Bertz CT molecular complexity index is 1240. The third-order valence-electron chi connectivity index (χ3n) is 7.47. The molecular formula is C29H32B2O4. The van der Waals surface area contributed by atoms with Crippen LogP contribution in [0.4, 0.5) is 0 Å². The van der Waals surface area contributed by atoms with Crippen molar-refractivity contribution in [2.75, 3.05) is 0 Å². The average molecular weight is 466 g/mol. The average Bonchev–Trinajstić information content (AvgIpc) is 3.22. The van der Waals surface area contributed by atoms with E-state index in [2.05, 4.69) is 70.7 Å². The lowest BCUT2D eigenvalue weighted by Gasteiger charge is -2.32. The van der Waals surface area contributed by atoms with Gasteiger partial charge in [0.15, 0.2) is 0 Å². The minimum atomic E-state index is -0.573. The van der Waals surface area contributed by atoms with Crippen molar-refractivity contribution in [2.45, 2.75) is 58.3 Å². The Kier molecular flexibility index (Phi) is 5.75. The summed E-state index contributed by atoms with van der Waals surface area (Å²) in [5.41, 5.74) is 4.65. The zero-order valence-corrected chi connectivity index (χ0v) is 21.4. The third-order valence-corrected chi connectivity index (χ3v) is 7.47. The maximum absolute atomic E-state index is 6.52. The van der Waals surface area contributed by atoms with Gasteiger partial charge in [-0.15, -0.1) is 0 Å². The largest absolute Gasteiger partial charge is 0.564 e. The van der Waals surface area contributed by atoms with Crippen LogP contribution < -0.4 is 10.9 Å². The smallest absolute Gasteiger partial charge is 0.534 e. The third kappa shape index (κ3) is 4.24. The zero-order valence-electron chi connectivity index (χ0n) is 21.4. The van der Waals surface area contributed by atoms with Crippen LogP contribution in [0.25, 0.3) is 22.3 Å². The highest BCUT2D eigenvalue weighted by molar-refractivity contribution is 6.67. The highest BCUT2D eigenvalue weighted by atomic mass is 16.7. The molecule has 2 aliphatic heterocycles. The van der Waals surface area contributed by atoms with Gasteiger partial charge in [0.05, 0.1) is 17.0 Å². The van der Waals surface area contributed by atoms with Crippen molar-refractivity contribution in [1.29, 1.82) is 0 Å². The summed E-state index contributed by atoms with van der Waals surface area (Å²) in [6, 6.07) is 25.0. The van der Waals surface area contributed by atoms with Gasteiger partial charge in [-0.05, 0) is 69.3 Å². The number of rotatable bonds is 4. The minimum Gasteiger partial charge on any atom is -0.534 e. The number of hydrogen-bond donors (Lipinski definition) is 0. The molecule has 2 aliphatic rings. The molecule has 0 N–H and O–H groups in total. The molecule has 0 saturated carbocycles. The lowest BCUT2D eigenvalue weighted by atomic mass is 9.67. The second-order valence-corrected chi connectivity index (χ2v) is 10.8. The van der Waals surface area contributed by atoms with Crippen molar-refractivity contribution < 1.29 is 18.6 Å². The molecule has 2 fully saturated rings. The van der Waals surface area contributed by atoms with E-state index in [0.717, 1.165) is 33.2 Å². The van der Waals surface area contributed by atoms with Crippen molar-refractivity contribution in [3.8, 4) is 22.3 Å². The van der Waals surface area contributed by atoms with Crippen LogP contribution in [0.5, 0.6) is 0 Å². The number of benzene rings is 3. The van der Waals surface area contributed by atoms with Crippen LogP contribution in [0.15, 0.2) is 85.1 Å². The molecule has 0 radical (unpaired) electrons. The van der Waals surface area contributed by atoms with Gasteiger partial charge in [0.1, 0.15) is 5.60 Å². The predicted molar refractivity (Wildman–Crippen MR) is 144 cm³/mol. The predicted octanol–water partition coefficient (Wildman–Crippen LogP) is 5.35. The van der Waals surface area contributed by atoms with Crippen LogP contribution in [0.2, 0.25) is 0 Å². The van der Waals surface area contributed by atoms with Gasteiger partial charge in [-0.25, -0.2) is 0 Å². The van der Waals surface area contributed by atoms with E-state index in [9.17, 15) is 0 Å². The minimum absolute atomic E-state index is 0.448. The second kappa shape index (κ2) is 8.41. The van der Waals surface area contributed by atoms with Crippen molar-refractivity contribution in [1.82, 2.24) is 0 Å². The summed E-state index contributed by atoms with van der Waals surface area (Å²) in [7, 11) is -1.08. The topological polar surface area (TPSA) is 36.9 Å². The standard InChI is InChI=1S/C29H32B2O4/c1-20-27(2,3)33-30(32-20)25-18-24(22-16-12-9-13-17-22)26(19-23(25)21-14-10-8-11-15-21)31-34-28(4,5)29(6,7)35-31/h8-19H,1H2,2-7H3. The van der Waals surface area contributed by atoms with Crippen LogP contribution in [0, 0.1) is 0 Å². The molecule has 0 amide bonds. The lowest BCUT2D eigenvalue weighted by molar-refractivity contribution is 0.00578. The molecule has 3 aromatic rings. The Balaban J connectivity index is 1.74. The maximum Gasteiger partial charge on any atom is 0.564 e. The van der Waals surface area contributed by atoms with E-state index in [1.807, 2.05) is 50.2 Å². The van der Waals surface area contributed by atoms with Crippen molar-refractivity contribution in [3.63, 3.8) is 0 Å². The Morgan fingerprint density at radius 2 is 1.03 bits per heavy atom. The fourth-order valence-electron chi connectivity index (χ4n) is 4.48. The van der Waals surface area contributed by atoms with Gasteiger partial charge in [-0.2, -0.15) is 0 Å². The van der Waals surface area contributed by atoms with Gasteiger partial charge in [-0.1, -0.05) is 79.4 Å². The molecule has 3 aromatic carbocycles. The molecule has 2 saturated heterocycles. The highest BCUT2D eigenvalue weighted by Gasteiger charge is 2.53. The highest BCUT2D eigenvalue weighted by Crippen LogP contribution is 2.38. The molecular weight excluding hydrogens is 434 g/mol. The Hall–Kier alpha value is -2.79. The molecule has 4 nitrogen and oxygen atoms in total. The van der Waals surface area contributed by atoms with Gasteiger partial charge in [0.25, 0.3) is 0 Å². The van der Waals surface area contributed by atoms with E-state index in [1.54, 1.807) is 0 Å². The van der Waals surface area contributed by atoms with Gasteiger partial charge in [0.2, 0.25) is 0 Å². The summed E-state index contributed by atoms with van der Waals surface area (Å²) >= 11 is 0. The maximum atomic E-state index is 6.52. The summed E-state index contributed by atoms with van der Waals surface area (Å²) in [5.74, 6) is 0.623. The van der Waals surface area contributed by atoms with Crippen molar-refractivity contribution in [3.05, 3.63) is 85.1 Å². The van der Waals surface area contributed by atoms with E-state index in [-0.39, 0.29) is 0 Å². The summed E-state index contributed by atoms with van der Waals surface area (Å²) < 4.78 is 25.6. The summed E-state index contributed by atoms with van der Waals surface area (Å²) in [6.07, 6.45) is 0. The van der Waals surface area contributed by atoms with E-state index in [1.165, 1.54) is 0 Å². The quantitative estimate of drug-likeness (QED) is 0.486. The Labute approximate surface area is 209 Å². The van der Waals surface area contributed by atoms with Gasteiger partial charge < -0.3 is 18.6 Å². The van der Waals surface area contributed by atoms with Gasteiger partial charge >= 0.3 is 14.2 Å². The van der Waals surface area contributed by atoms with E-state index in [4.69, 9.17) is 18.6 Å². The first-order valence-electron chi connectivity index (χ1n) is 12.2. The molecule has 178 valence electrons. The molecule has 0 aromatic heterocycles. The van der Waals surface area contributed by atoms with Crippen LogP contribution in [-0.4, -0.2) is 31.0 Å². The van der Waals surface area contributed by atoms with E-state index in [0.29, 0.717) is 5.76 Å². The zero-order chi connectivity index (χ0) is 25.0. The summed E-state index contributed by atoms with van der Waals surface area (Å²) in [4.78, 5) is 0. The van der Waals surface area contributed by atoms with Crippen molar-refractivity contribution >= 4 is 25.2 Å². The molecule has 0 atom stereocenters. The van der Waals surface area contributed by atoms with E-state index >= 15 is 0 Å². The second-order valence-electron chi connectivity index (χ2n) is 10.8. The van der Waals surface area contributed by atoms with E-state index < -0.39 is 31.0 Å². The lowest BCUT2D eigenvalue weighted by Crippen LogP contribution is -2.41. The SMILES string of the molecule is C=C1OB(c2cc(-c3ccccc3)c(B3OC(C)(C)C(C)(C)O3)cc2-c2ccccc2)OC1(C)C. The van der Waals surface area contributed by atoms with Crippen LogP contribution in [0.3, 0.4) is 0 Å². The summed E-state index contributed by atoms with van der Waals surface area (Å²) in [6.45, 7) is 16.4. The molecule has 35 heavy (non-hydrogen) atoms. The van der Waals surface area contributed by atoms with Crippen LogP contribution >= 0.6 is 0 Å². The normalized spacial score (nSPS) is 20.2. The molecule has 6 heteroatoms. The first kappa shape index (κ1) is 23.9. The fourth-order valence-corrected chi connectivity index (χ4v) is 4.48. The van der Waals surface area contributed by atoms with Crippen molar-refractivity contribution in [2.24, 2.45) is 0 Å². The van der Waals surface area contributed by atoms with Gasteiger partial charge in [-0.3, -0.25) is 0 Å². The Morgan fingerprint density at radius 1 is 0.600 bits per heavy atom. The molecule has 0 spiro atoms. The monoisotopic (exact) mass is 466 g/mol. The molecule has 0 unspecified atom stereocenters. The molecule has 0 bridgehead atoms. The first-order valence-corrected chi connectivity index (χ1v) is 12.2. The molecule has 5 rings (SSSR count). The number of hydrogen-bond acceptors (Lipinski definition) is 4. The Morgan fingerprint density at radius 3 is 1.43 bits per heavy atom. The van der Waals surface area contributed by atoms with Crippen LogP contribution in [0.1, 0.15) is 41.5 Å². The first-order chi connectivity index (χ1) is 16.5. The fraction of sp³-hybridized carbons (Fsp3) is 0.310. The summed E-state index contributed by atoms with van der Waals surface area (Å²) in [5, 5.41) is 0. The van der Waals surface area contributed by atoms with Gasteiger partial charge in [0, 0.05) is 5.46 Å². The molecule has 2 heterocycles.